The van der Waals surface area contributed by atoms with E-state index >= 15 is 0 Å². The van der Waals surface area contributed by atoms with Crippen LogP contribution in [0.4, 0.5) is 11.4 Å². The molecule has 1 aliphatic rings. The monoisotopic (exact) mass is 369 g/mol. The van der Waals surface area contributed by atoms with Gasteiger partial charge in [-0.1, -0.05) is 12.1 Å². The number of benzene rings is 2. The SMILES string of the molecule is CCOc1cccc(CNC(=S)Nc2ccc(N3CCCC3=O)cc2)c1. The van der Waals surface area contributed by atoms with E-state index in [-0.39, 0.29) is 5.91 Å². The zero-order valence-corrected chi connectivity index (χ0v) is 15.6. The third-order valence-corrected chi connectivity index (χ3v) is 4.42. The molecule has 3 rings (SSSR count). The number of nitrogens with one attached hydrogen (secondary N) is 2. The maximum absolute atomic E-state index is 11.8. The van der Waals surface area contributed by atoms with Crippen LogP contribution in [-0.4, -0.2) is 24.2 Å². The molecule has 0 aliphatic carbocycles. The largest absolute Gasteiger partial charge is 0.494 e. The lowest BCUT2D eigenvalue weighted by Crippen LogP contribution is -2.28. The fourth-order valence-corrected chi connectivity index (χ4v) is 3.11. The minimum absolute atomic E-state index is 0.192. The highest BCUT2D eigenvalue weighted by Crippen LogP contribution is 2.23. The van der Waals surface area contributed by atoms with E-state index in [1.54, 1.807) is 0 Å². The molecule has 0 unspecified atom stereocenters. The lowest BCUT2D eigenvalue weighted by atomic mass is 10.2. The second kappa shape index (κ2) is 8.67. The van der Waals surface area contributed by atoms with E-state index in [9.17, 15) is 4.79 Å². The number of hydrogen-bond donors (Lipinski definition) is 2. The summed E-state index contributed by atoms with van der Waals surface area (Å²) < 4.78 is 5.51. The summed E-state index contributed by atoms with van der Waals surface area (Å²) >= 11 is 5.36. The Labute approximate surface area is 159 Å². The van der Waals surface area contributed by atoms with Crippen molar-refractivity contribution in [2.24, 2.45) is 0 Å². The van der Waals surface area contributed by atoms with Crippen LogP contribution < -0.4 is 20.3 Å². The Kier molecular flexibility index (Phi) is 6.07. The normalized spacial score (nSPS) is 13.6. The molecule has 0 saturated carbocycles. The summed E-state index contributed by atoms with van der Waals surface area (Å²) in [5.74, 6) is 1.05. The molecule has 2 aromatic rings. The van der Waals surface area contributed by atoms with Gasteiger partial charge in [-0.05, 0) is 67.5 Å². The zero-order valence-electron chi connectivity index (χ0n) is 14.8. The minimum atomic E-state index is 0.192. The molecule has 2 aromatic carbocycles. The van der Waals surface area contributed by atoms with Crippen LogP contribution in [0.2, 0.25) is 0 Å². The molecule has 1 amide bonds. The van der Waals surface area contributed by atoms with Crippen LogP contribution in [0, 0.1) is 0 Å². The molecule has 5 nitrogen and oxygen atoms in total. The van der Waals surface area contributed by atoms with Crippen molar-refractivity contribution in [2.45, 2.75) is 26.3 Å². The maximum Gasteiger partial charge on any atom is 0.227 e. The molecule has 0 spiro atoms. The molecule has 26 heavy (non-hydrogen) atoms. The van der Waals surface area contributed by atoms with Gasteiger partial charge >= 0.3 is 0 Å². The molecule has 0 aromatic heterocycles. The Hall–Kier alpha value is -2.60. The molecule has 0 atom stereocenters. The first-order valence-corrected chi connectivity index (χ1v) is 9.23. The Bertz CT molecular complexity index is 777. The molecule has 1 aliphatic heterocycles. The lowest BCUT2D eigenvalue weighted by molar-refractivity contribution is -0.117. The van der Waals surface area contributed by atoms with Crippen molar-refractivity contribution in [1.82, 2.24) is 5.32 Å². The number of rotatable bonds is 6. The number of thiocarbonyl (C=S) groups is 1. The van der Waals surface area contributed by atoms with Crippen LogP contribution in [0.15, 0.2) is 48.5 Å². The highest BCUT2D eigenvalue weighted by atomic mass is 32.1. The van der Waals surface area contributed by atoms with Crippen molar-refractivity contribution in [2.75, 3.05) is 23.4 Å². The number of nitrogens with zero attached hydrogens (tertiary/aromatic N) is 1. The molecule has 1 heterocycles. The van der Waals surface area contributed by atoms with Gasteiger partial charge in [0.05, 0.1) is 6.61 Å². The smallest absolute Gasteiger partial charge is 0.227 e. The average molecular weight is 369 g/mol. The van der Waals surface area contributed by atoms with Gasteiger partial charge in [-0.2, -0.15) is 0 Å². The van der Waals surface area contributed by atoms with Crippen LogP contribution in [0.3, 0.4) is 0 Å². The first-order valence-electron chi connectivity index (χ1n) is 8.82. The minimum Gasteiger partial charge on any atom is -0.494 e. The summed E-state index contributed by atoms with van der Waals surface area (Å²) in [7, 11) is 0. The first kappa shape index (κ1) is 18.2. The summed E-state index contributed by atoms with van der Waals surface area (Å²) in [6.07, 6.45) is 1.57. The van der Waals surface area contributed by atoms with Gasteiger partial charge in [-0.15, -0.1) is 0 Å². The molecule has 6 heteroatoms. The molecule has 0 radical (unpaired) electrons. The summed E-state index contributed by atoms with van der Waals surface area (Å²) in [6, 6.07) is 15.7. The standard InChI is InChI=1S/C20H23N3O2S/c1-2-25-18-6-3-5-15(13-18)14-21-20(26)22-16-8-10-17(11-9-16)23-12-4-7-19(23)24/h3,5-6,8-11,13H,2,4,7,12,14H2,1H3,(H2,21,22,26). The number of carbonyl (C=O) groups excluding carboxylic acids is 1. The van der Waals surface area contributed by atoms with Crippen molar-refractivity contribution in [3.05, 3.63) is 54.1 Å². The fourth-order valence-electron chi connectivity index (χ4n) is 2.92. The third kappa shape index (κ3) is 4.73. The van der Waals surface area contributed by atoms with Crippen LogP contribution >= 0.6 is 12.2 Å². The van der Waals surface area contributed by atoms with E-state index in [1.165, 1.54) is 0 Å². The van der Waals surface area contributed by atoms with Crippen LogP contribution in [-0.2, 0) is 11.3 Å². The first-order chi connectivity index (χ1) is 12.7. The van der Waals surface area contributed by atoms with Gasteiger partial charge in [-0.25, -0.2) is 0 Å². The predicted molar refractivity (Wildman–Crippen MR) is 109 cm³/mol. The Morgan fingerprint density at radius 3 is 2.73 bits per heavy atom. The van der Waals surface area contributed by atoms with E-state index in [1.807, 2.05) is 60.4 Å². The fraction of sp³-hybridized carbons (Fsp3) is 0.300. The second-order valence-corrected chi connectivity index (χ2v) is 6.49. The molecular formula is C20H23N3O2S. The van der Waals surface area contributed by atoms with E-state index in [0.717, 1.165) is 35.7 Å². The van der Waals surface area contributed by atoms with Gasteiger partial charge in [0.2, 0.25) is 5.91 Å². The van der Waals surface area contributed by atoms with Crippen molar-refractivity contribution in [3.8, 4) is 5.75 Å². The van der Waals surface area contributed by atoms with Gasteiger partial charge in [0.1, 0.15) is 5.75 Å². The van der Waals surface area contributed by atoms with E-state index < -0.39 is 0 Å². The molecular weight excluding hydrogens is 346 g/mol. The number of anilines is 2. The van der Waals surface area contributed by atoms with Crippen LogP contribution in [0.25, 0.3) is 0 Å². The van der Waals surface area contributed by atoms with Crippen LogP contribution in [0.1, 0.15) is 25.3 Å². The topological polar surface area (TPSA) is 53.6 Å². The highest BCUT2D eigenvalue weighted by molar-refractivity contribution is 7.80. The van der Waals surface area contributed by atoms with Gasteiger partial charge < -0.3 is 20.3 Å². The van der Waals surface area contributed by atoms with Crippen LogP contribution in [0.5, 0.6) is 5.75 Å². The molecule has 2 N–H and O–H groups in total. The summed E-state index contributed by atoms with van der Waals surface area (Å²) in [6.45, 7) is 4.03. The second-order valence-electron chi connectivity index (χ2n) is 6.08. The number of carbonyl (C=O) groups is 1. The zero-order chi connectivity index (χ0) is 18.4. The predicted octanol–water partition coefficient (Wildman–Crippen LogP) is 3.70. The molecule has 0 bridgehead atoms. The number of ether oxygens (including phenoxy) is 1. The van der Waals surface area contributed by atoms with E-state index in [0.29, 0.717) is 24.7 Å². The average Bonchev–Trinajstić information content (AvgIpc) is 3.07. The van der Waals surface area contributed by atoms with Crippen molar-refractivity contribution in [3.63, 3.8) is 0 Å². The quantitative estimate of drug-likeness (QED) is 0.761. The maximum atomic E-state index is 11.8. The van der Waals surface area contributed by atoms with Crippen molar-refractivity contribution >= 4 is 34.6 Å². The van der Waals surface area contributed by atoms with Crippen molar-refractivity contribution < 1.29 is 9.53 Å². The van der Waals surface area contributed by atoms with Crippen molar-refractivity contribution in [1.29, 1.82) is 0 Å². The number of amides is 1. The molecule has 136 valence electrons. The Morgan fingerprint density at radius 1 is 1.23 bits per heavy atom. The molecule has 1 fully saturated rings. The Morgan fingerprint density at radius 2 is 2.04 bits per heavy atom. The van der Waals surface area contributed by atoms with Gasteiger partial charge in [0.25, 0.3) is 0 Å². The van der Waals surface area contributed by atoms with Gasteiger partial charge in [0, 0.05) is 30.9 Å². The third-order valence-electron chi connectivity index (χ3n) is 4.17. The lowest BCUT2D eigenvalue weighted by Gasteiger charge is -2.16. The number of hydrogen-bond acceptors (Lipinski definition) is 3. The Balaban J connectivity index is 1.51. The van der Waals surface area contributed by atoms with E-state index in [2.05, 4.69) is 10.6 Å². The van der Waals surface area contributed by atoms with Gasteiger partial charge in [-0.3, -0.25) is 4.79 Å². The summed E-state index contributed by atoms with van der Waals surface area (Å²) in [5, 5.41) is 6.91. The summed E-state index contributed by atoms with van der Waals surface area (Å²) in [5.41, 5.74) is 2.92. The molecule has 1 saturated heterocycles. The van der Waals surface area contributed by atoms with E-state index in [4.69, 9.17) is 17.0 Å². The summed E-state index contributed by atoms with van der Waals surface area (Å²) in [4.78, 5) is 13.6. The highest BCUT2D eigenvalue weighted by Gasteiger charge is 2.21. The van der Waals surface area contributed by atoms with Gasteiger partial charge in [0.15, 0.2) is 5.11 Å².